The van der Waals surface area contributed by atoms with Crippen LogP contribution in [0.4, 0.5) is 0 Å². The molecule has 1 amide bonds. The van der Waals surface area contributed by atoms with Crippen LogP contribution in [0.2, 0.25) is 0 Å². The minimum Gasteiger partial charge on any atom is -0.454 e. The van der Waals surface area contributed by atoms with Crippen LogP contribution in [0.25, 0.3) is 10.6 Å². The monoisotopic (exact) mass is 345 g/mol. The first-order valence-electron chi connectivity index (χ1n) is 8.03. The lowest BCUT2D eigenvalue weighted by atomic mass is 10.1. The quantitative estimate of drug-likeness (QED) is 0.905. The van der Waals surface area contributed by atoms with Crippen molar-refractivity contribution in [2.45, 2.75) is 25.9 Å². The highest BCUT2D eigenvalue weighted by atomic mass is 32.1. The van der Waals surface area contributed by atoms with E-state index in [-0.39, 0.29) is 18.7 Å². The predicted octanol–water partition coefficient (Wildman–Crippen LogP) is 2.36. The van der Waals surface area contributed by atoms with Gasteiger partial charge in [-0.05, 0) is 32.0 Å². The summed E-state index contributed by atoms with van der Waals surface area (Å²) in [5.74, 6) is 1.52. The van der Waals surface area contributed by atoms with Crippen LogP contribution in [0.15, 0.2) is 24.4 Å². The maximum absolute atomic E-state index is 12.8. The van der Waals surface area contributed by atoms with Gasteiger partial charge in [0.05, 0.1) is 6.20 Å². The van der Waals surface area contributed by atoms with Gasteiger partial charge >= 0.3 is 0 Å². The largest absolute Gasteiger partial charge is 0.454 e. The molecule has 1 N–H and O–H groups in total. The maximum atomic E-state index is 12.8. The summed E-state index contributed by atoms with van der Waals surface area (Å²) in [7, 11) is 0. The Bertz CT molecular complexity index is 776. The summed E-state index contributed by atoms with van der Waals surface area (Å²) in [6.45, 7) is 5.98. The fourth-order valence-electron chi connectivity index (χ4n) is 3.02. The Morgan fingerprint density at radius 2 is 2.17 bits per heavy atom. The molecule has 24 heavy (non-hydrogen) atoms. The number of carbonyl (C=O) groups excluding carboxylic acids is 1. The summed E-state index contributed by atoms with van der Waals surface area (Å²) in [6.07, 6.45) is 1.67. The summed E-state index contributed by atoms with van der Waals surface area (Å²) < 4.78 is 10.7. The van der Waals surface area contributed by atoms with Crippen molar-refractivity contribution >= 4 is 17.2 Å². The molecule has 7 heteroatoms. The van der Waals surface area contributed by atoms with Crippen LogP contribution in [-0.2, 0) is 0 Å². The van der Waals surface area contributed by atoms with E-state index in [1.807, 2.05) is 23.1 Å². The van der Waals surface area contributed by atoms with Crippen molar-refractivity contribution in [3.63, 3.8) is 0 Å². The van der Waals surface area contributed by atoms with Crippen LogP contribution in [0.1, 0.15) is 23.5 Å². The molecule has 1 saturated heterocycles. The van der Waals surface area contributed by atoms with Gasteiger partial charge < -0.3 is 19.7 Å². The number of nitrogens with one attached hydrogen (secondary N) is 1. The van der Waals surface area contributed by atoms with Crippen molar-refractivity contribution in [2.75, 3.05) is 19.9 Å². The Morgan fingerprint density at radius 3 is 3.04 bits per heavy atom. The van der Waals surface area contributed by atoms with Crippen molar-refractivity contribution in [1.29, 1.82) is 0 Å². The third kappa shape index (κ3) is 2.63. The number of benzene rings is 1. The number of hydrogen-bond donors (Lipinski definition) is 1. The van der Waals surface area contributed by atoms with Gasteiger partial charge in [0.2, 0.25) is 6.79 Å². The molecule has 0 saturated carbocycles. The molecule has 0 bridgehead atoms. The molecular weight excluding hydrogens is 326 g/mol. The van der Waals surface area contributed by atoms with E-state index < -0.39 is 0 Å². The summed E-state index contributed by atoms with van der Waals surface area (Å²) in [4.78, 5) is 19.8. The number of fused-ring (bicyclic) bond motifs is 1. The molecule has 126 valence electrons. The lowest BCUT2D eigenvalue weighted by Gasteiger charge is -2.38. The van der Waals surface area contributed by atoms with Crippen molar-refractivity contribution in [3.05, 3.63) is 29.3 Å². The standard InChI is InChI=1S/C17H19N3O3S/c1-10-11(2)20(6-5-18-10)17(21)15-8-19-16(24-15)12-3-4-13-14(7-12)23-9-22-13/h3-4,7-8,10-11,18H,5-6,9H2,1-2H3. The number of amides is 1. The van der Waals surface area contributed by atoms with Gasteiger partial charge in [-0.3, -0.25) is 4.79 Å². The lowest BCUT2D eigenvalue weighted by Crippen LogP contribution is -2.57. The smallest absolute Gasteiger partial charge is 0.265 e. The normalized spacial score (nSPS) is 22.7. The minimum atomic E-state index is 0.0559. The Balaban J connectivity index is 1.57. The SMILES string of the molecule is CC1NCCN(C(=O)c2cnc(-c3ccc4c(c3)OCO4)s2)C1C. The molecule has 1 aromatic carbocycles. The third-order valence-electron chi connectivity index (χ3n) is 4.63. The first-order chi connectivity index (χ1) is 11.6. The molecule has 2 aliphatic heterocycles. The van der Waals surface area contributed by atoms with E-state index in [0.29, 0.717) is 10.9 Å². The number of aromatic nitrogens is 1. The zero-order valence-electron chi connectivity index (χ0n) is 13.6. The zero-order chi connectivity index (χ0) is 16.7. The average molecular weight is 345 g/mol. The highest BCUT2D eigenvalue weighted by molar-refractivity contribution is 7.16. The number of hydrogen-bond acceptors (Lipinski definition) is 6. The van der Waals surface area contributed by atoms with E-state index in [4.69, 9.17) is 9.47 Å². The second-order valence-corrected chi connectivity index (χ2v) is 7.11. The van der Waals surface area contributed by atoms with Gasteiger partial charge in [0.15, 0.2) is 11.5 Å². The van der Waals surface area contributed by atoms with Crippen LogP contribution in [-0.4, -0.2) is 47.8 Å². The highest BCUT2D eigenvalue weighted by Gasteiger charge is 2.30. The highest BCUT2D eigenvalue weighted by Crippen LogP contribution is 2.37. The third-order valence-corrected chi connectivity index (χ3v) is 5.67. The van der Waals surface area contributed by atoms with Gasteiger partial charge in [-0.25, -0.2) is 4.98 Å². The van der Waals surface area contributed by atoms with Gasteiger partial charge in [0.25, 0.3) is 5.91 Å². The second-order valence-electron chi connectivity index (χ2n) is 6.08. The summed E-state index contributed by atoms with van der Waals surface area (Å²) >= 11 is 1.42. The topological polar surface area (TPSA) is 63.7 Å². The van der Waals surface area contributed by atoms with E-state index >= 15 is 0 Å². The van der Waals surface area contributed by atoms with Gasteiger partial charge in [-0.15, -0.1) is 11.3 Å². The number of nitrogens with zero attached hydrogens (tertiary/aromatic N) is 2. The summed E-state index contributed by atoms with van der Waals surface area (Å²) in [5, 5.41) is 4.20. The fourth-order valence-corrected chi connectivity index (χ4v) is 3.89. The predicted molar refractivity (Wildman–Crippen MR) is 91.6 cm³/mol. The Morgan fingerprint density at radius 1 is 1.33 bits per heavy atom. The van der Waals surface area contributed by atoms with Crippen molar-refractivity contribution in [1.82, 2.24) is 15.2 Å². The molecule has 6 nitrogen and oxygen atoms in total. The average Bonchev–Trinajstić information content (AvgIpc) is 3.25. The second kappa shape index (κ2) is 6.07. The van der Waals surface area contributed by atoms with Crippen LogP contribution < -0.4 is 14.8 Å². The van der Waals surface area contributed by atoms with Crippen molar-refractivity contribution in [3.8, 4) is 22.1 Å². The van der Waals surface area contributed by atoms with Gasteiger partial charge in [0.1, 0.15) is 9.88 Å². The Labute approximate surface area is 144 Å². The van der Waals surface area contributed by atoms with Gasteiger partial charge in [-0.1, -0.05) is 0 Å². The molecule has 1 fully saturated rings. The molecule has 2 atom stereocenters. The summed E-state index contributed by atoms with van der Waals surface area (Å²) in [5.41, 5.74) is 0.935. The molecule has 0 aliphatic carbocycles. The van der Waals surface area contributed by atoms with Crippen molar-refractivity contribution < 1.29 is 14.3 Å². The minimum absolute atomic E-state index is 0.0559. The van der Waals surface area contributed by atoms with Gasteiger partial charge in [0, 0.05) is 30.7 Å². The molecule has 4 rings (SSSR count). The van der Waals surface area contributed by atoms with Gasteiger partial charge in [-0.2, -0.15) is 0 Å². The Kier molecular flexibility index (Phi) is 3.90. The molecule has 0 spiro atoms. The van der Waals surface area contributed by atoms with Crippen LogP contribution in [0.5, 0.6) is 11.5 Å². The number of ether oxygens (including phenoxy) is 2. The number of carbonyl (C=O) groups is 1. The van der Waals surface area contributed by atoms with Crippen molar-refractivity contribution in [2.24, 2.45) is 0 Å². The first kappa shape index (κ1) is 15.4. The van der Waals surface area contributed by atoms with E-state index in [9.17, 15) is 4.79 Å². The van der Waals surface area contributed by atoms with E-state index in [2.05, 4.69) is 24.1 Å². The molecular formula is C17H19N3O3S. The molecule has 2 unspecified atom stereocenters. The fraction of sp³-hybridized carbons (Fsp3) is 0.412. The first-order valence-corrected chi connectivity index (χ1v) is 8.85. The van der Waals surface area contributed by atoms with E-state index in [1.54, 1.807) is 6.20 Å². The molecule has 1 aromatic heterocycles. The molecule has 3 heterocycles. The van der Waals surface area contributed by atoms with Crippen LogP contribution in [0.3, 0.4) is 0 Å². The number of rotatable bonds is 2. The Hall–Kier alpha value is -2.12. The van der Waals surface area contributed by atoms with E-state index in [1.165, 1.54) is 11.3 Å². The van der Waals surface area contributed by atoms with Crippen LogP contribution >= 0.6 is 11.3 Å². The van der Waals surface area contributed by atoms with E-state index in [0.717, 1.165) is 35.2 Å². The molecule has 2 aliphatic rings. The maximum Gasteiger partial charge on any atom is 0.265 e. The van der Waals surface area contributed by atoms with Crippen LogP contribution in [0, 0.1) is 0 Å². The molecule has 2 aromatic rings. The number of thiazole rings is 1. The zero-order valence-corrected chi connectivity index (χ0v) is 14.4. The molecule has 0 radical (unpaired) electrons. The summed E-state index contributed by atoms with van der Waals surface area (Å²) in [6, 6.07) is 6.19. The number of piperazine rings is 1. The lowest BCUT2D eigenvalue weighted by molar-refractivity contribution is 0.0607.